The molecule has 0 aromatic heterocycles. The van der Waals surface area contributed by atoms with Gasteiger partial charge in [-0.25, -0.2) is 4.79 Å². The molecule has 2 atom stereocenters. The Morgan fingerprint density at radius 3 is 2.52 bits per heavy atom. The van der Waals surface area contributed by atoms with Crippen molar-refractivity contribution in [3.8, 4) is 0 Å². The molecule has 1 fully saturated rings. The van der Waals surface area contributed by atoms with Crippen LogP contribution >= 0.6 is 11.6 Å². The van der Waals surface area contributed by atoms with Crippen LogP contribution in [0.3, 0.4) is 0 Å². The van der Waals surface area contributed by atoms with Gasteiger partial charge in [-0.3, -0.25) is 4.39 Å². The fraction of sp³-hybridized carbons (Fsp3) is 0.562. The summed E-state index contributed by atoms with van der Waals surface area (Å²) in [7, 11) is 0. The summed E-state index contributed by atoms with van der Waals surface area (Å²) in [5, 5.41) is 11.9. The van der Waals surface area contributed by atoms with Gasteiger partial charge >= 0.3 is 6.09 Å². The molecule has 2 unspecified atom stereocenters. The second kappa shape index (κ2) is 10.6. The Morgan fingerprint density at radius 1 is 1.48 bits per heavy atom. The standard InChI is InChI=1S/C10H19NO3.C6H3ClF.Y/c1-10(2,3)14-9(13)11-5-7-4-8(7)6-12;7-5-1-3-6(8)4-2-5;/h7-8,12H,4-6H2,1-3H3,(H,11,13);1,3-4H;/q;-1;. The van der Waals surface area contributed by atoms with Crippen LogP contribution in [0.2, 0.25) is 5.02 Å². The van der Waals surface area contributed by atoms with Gasteiger partial charge in [-0.05, 0) is 39.0 Å². The molecular formula is C16H22ClFNO3Y-. The van der Waals surface area contributed by atoms with Gasteiger partial charge < -0.3 is 15.2 Å². The van der Waals surface area contributed by atoms with Gasteiger partial charge in [0.1, 0.15) is 5.60 Å². The van der Waals surface area contributed by atoms with E-state index in [1.54, 1.807) is 0 Å². The molecule has 7 heteroatoms. The smallest absolute Gasteiger partial charge is 0.407 e. The number of rotatable bonds is 3. The van der Waals surface area contributed by atoms with Gasteiger partial charge in [-0.2, -0.15) is 6.07 Å². The molecule has 1 aromatic rings. The number of ether oxygens (including phenoxy) is 1. The van der Waals surface area contributed by atoms with Crippen LogP contribution in [0.1, 0.15) is 27.2 Å². The van der Waals surface area contributed by atoms with Crippen molar-refractivity contribution < 1.29 is 51.7 Å². The van der Waals surface area contributed by atoms with Crippen LogP contribution in [0.15, 0.2) is 18.2 Å². The van der Waals surface area contributed by atoms with Crippen LogP contribution in [-0.2, 0) is 37.4 Å². The van der Waals surface area contributed by atoms with E-state index < -0.39 is 5.60 Å². The van der Waals surface area contributed by atoms with Crippen LogP contribution in [0.25, 0.3) is 0 Å². The number of alkyl carbamates (subject to hydrolysis) is 1. The molecule has 127 valence electrons. The van der Waals surface area contributed by atoms with Crippen LogP contribution in [0.5, 0.6) is 0 Å². The minimum atomic E-state index is -0.440. The predicted molar refractivity (Wildman–Crippen MR) is 83.2 cm³/mol. The van der Waals surface area contributed by atoms with Crippen molar-refractivity contribution in [3.05, 3.63) is 35.1 Å². The molecule has 0 heterocycles. The van der Waals surface area contributed by atoms with Crippen LogP contribution in [0, 0.1) is 23.7 Å². The summed E-state index contributed by atoms with van der Waals surface area (Å²) in [6, 6.07) is 6.43. The third kappa shape index (κ3) is 11.0. The molecule has 1 amide bonds. The Bertz CT molecular complexity index is 458. The number of hydrogen-bond donors (Lipinski definition) is 2. The average Bonchev–Trinajstić information content (AvgIpc) is 3.17. The summed E-state index contributed by atoms with van der Waals surface area (Å²) in [5.74, 6) is 0.506. The zero-order chi connectivity index (χ0) is 16.8. The maximum atomic E-state index is 12.0. The minimum absolute atomic E-state index is 0. The van der Waals surface area contributed by atoms with E-state index in [-0.39, 0.29) is 51.2 Å². The first-order valence-electron chi connectivity index (χ1n) is 7.11. The maximum Gasteiger partial charge on any atom is 0.407 e. The summed E-state index contributed by atoms with van der Waals surface area (Å²) < 4.78 is 17.1. The molecule has 23 heavy (non-hydrogen) atoms. The largest absolute Gasteiger partial charge is 0.444 e. The SMILES string of the molecule is CC(C)(C)OC(=O)NCC1CC1CO.Fc1c[c-]c(Cl)cc1.[Y]. The van der Waals surface area contributed by atoms with Crippen LogP contribution in [0.4, 0.5) is 9.18 Å². The second-order valence-electron chi connectivity index (χ2n) is 6.18. The van der Waals surface area contributed by atoms with Crippen molar-refractivity contribution in [2.24, 2.45) is 11.8 Å². The number of amides is 1. The van der Waals surface area contributed by atoms with Crippen molar-refractivity contribution in [1.82, 2.24) is 5.32 Å². The number of carbonyl (C=O) groups is 1. The topological polar surface area (TPSA) is 58.6 Å². The van der Waals surface area contributed by atoms with E-state index in [4.69, 9.17) is 21.4 Å². The Hall–Kier alpha value is -0.226. The third-order valence-electron chi connectivity index (χ3n) is 2.95. The molecule has 0 bridgehead atoms. The first kappa shape index (κ1) is 22.8. The van der Waals surface area contributed by atoms with Gasteiger partial charge in [0.15, 0.2) is 0 Å². The average molecular weight is 420 g/mol. The Kier molecular flexibility index (Phi) is 10.5. The monoisotopic (exact) mass is 419 g/mol. The van der Waals surface area contributed by atoms with Gasteiger partial charge in [0.25, 0.3) is 0 Å². The summed E-state index contributed by atoms with van der Waals surface area (Å²) >= 11 is 5.39. The molecule has 2 N–H and O–H groups in total. The van der Waals surface area contributed by atoms with Crippen molar-refractivity contribution in [1.29, 1.82) is 0 Å². The van der Waals surface area contributed by atoms with Crippen molar-refractivity contribution in [2.75, 3.05) is 13.2 Å². The molecule has 0 saturated heterocycles. The van der Waals surface area contributed by atoms with E-state index in [1.165, 1.54) is 18.2 Å². The number of aliphatic hydroxyl groups is 1. The third-order valence-corrected chi connectivity index (χ3v) is 3.18. The summed E-state index contributed by atoms with van der Waals surface area (Å²) in [6.45, 7) is 6.33. The van der Waals surface area contributed by atoms with E-state index in [0.29, 0.717) is 23.4 Å². The minimum Gasteiger partial charge on any atom is -0.444 e. The number of aliphatic hydroxyl groups excluding tert-OH is 1. The second-order valence-corrected chi connectivity index (χ2v) is 6.58. The Balaban J connectivity index is 0.000000460. The van der Waals surface area contributed by atoms with Crippen molar-refractivity contribution in [3.63, 3.8) is 0 Å². The van der Waals surface area contributed by atoms with E-state index in [2.05, 4.69) is 11.4 Å². The molecule has 0 aliphatic heterocycles. The quantitative estimate of drug-likeness (QED) is 0.738. The summed E-state index contributed by atoms with van der Waals surface area (Å²) in [4.78, 5) is 11.2. The number of carbonyl (C=O) groups excluding carboxylic acids is 1. The molecule has 1 radical (unpaired) electrons. The molecule has 2 rings (SSSR count). The zero-order valence-corrected chi connectivity index (χ0v) is 17.2. The van der Waals surface area contributed by atoms with Gasteiger partial charge in [0.05, 0.1) is 0 Å². The number of nitrogens with one attached hydrogen (secondary N) is 1. The van der Waals surface area contributed by atoms with E-state index in [0.717, 1.165) is 6.42 Å². The van der Waals surface area contributed by atoms with Gasteiger partial charge in [-0.1, -0.05) is 5.02 Å². The Labute approximate surface area is 167 Å². The van der Waals surface area contributed by atoms with Crippen LogP contribution < -0.4 is 5.32 Å². The molecule has 1 aromatic carbocycles. The van der Waals surface area contributed by atoms with Crippen molar-refractivity contribution >= 4 is 17.7 Å². The fourth-order valence-corrected chi connectivity index (χ4v) is 1.82. The van der Waals surface area contributed by atoms with E-state index in [9.17, 15) is 9.18 Å². The Morgan fingerprint density at radius 2 is 2.13 bits per heavy atom. The molecule has 4 nitrogen and oxygen atoms in total. The van der Waals surface area contributed by atoms with Gasteiger partial charge in [0.2, 0.25) is 0 Å². The van der Waals surface area contributed by atoms with Crippen molar-refractivity contribution in [2.45, 2.75) is 32.8 Å². The summed E-state index contributed by atoms with van der Waals surface area (Å²) in [5.41, 5.74) is -0.440. The van der Waals surface area contributed by atoms with Crippen LogP contribution in [-0.4, -0.2) is 30.0 Å². The molecule has 1 saturated carbocycles. The normalized spacial score (nSPS) is 18.9. The molecule has 1 aliphatic carbocycles. The molecule has 1 aliphatic rings. The first-order chi connectivity index (χ1) is 10.2. The molecular weight excluding hydrogens is 398 g/mol. The number of hydrogen-bond acceptors (Lipinski definition) is 3. The number of halogens is 2. The summed E-state index contributed by atoms with van der Waals surface area (Å²) in [6.07, 6.45) is 0.632. The maximum absolute atomic E-state index is 12.0. The predicted octanol–water partition coefficient (Wildman–Crippen LogP) is 3.42. The fourth-order valence-electron chi connectivity index (χ4n) is 1.70. The van der Waals surface area contributed by atoms with Gasteiger partial charge in [0, 0.05) is 51.7 Å². The number of benzene rings is 1. The van der Waals surface area contributed by atoms with E-state index >= 15 is 0 Å². The first-order valence-corrected chi connectivity index (χ1v) is 7.49. The van der Waals surface area contributed by atoms with Gasteiger partial charge in [-0.15, -0.1) is 29.8 Å². The zero-order valence-electron chi connectivity index (χ0n) is 13.6. The van der Waals surface area contributed by atoms with E-state index in [1.807, 2.05) is 20.8 Å². The molecule has 0 spiro atoms.